The van der Waals surface area contributed by atoms with Gasteiger partial charge in [0.2, 0.25) is 0 Å². The van der Waals surface area contributed by atoms with Gasteiger partial charge in [-0.3, -0.25) is 19.2 Å². The summed E-state index contributed by atoms with van der Waals surface area (Å²) >= 11 is 0. The van der Waals surface area contributed by atoms with Crippen LogP contribution in [0.15, 0.2) is 59.8 Å². The minimum atomic E-state index is -0.996. The molecule has 4 fully saturated rings. The molecule has 4 saturated heterocycles. The predicted octanol–water partition coefficient (Wildman–Crippen LogP) is 4.81. The van der Waals surface area contributed by atoms with E-state index in [2.05, 4.69) is 55.3 Å². The number of fused-ring (bicyclic) bond motifs is 4. The second-order valence-corrected chi connectivity index (χ2v) is 17.7. The molecular weight excluding hydrogens is 1050 g/mol. The lowest BCUT2D eigenvalue weighted by Gasteiger charge is -2.24. The van der Waals surface area contributed by atoms with Gasteiger partial charge >= 0.3 is 12.2 Å². The van der Waals surface area contributed by atoms with E-state index in [9.17, 15) is 19.7 Å². The number of azide groups is 2. The first kappa shape index (κ1) is 60.4. The highest BCUT2D eigenvalue weighted by Crippen LogP contribution is 2.45. The number of rotatable bonds is 21. The second kappa shape index (κ2) is 28.1. The van der Waals surface area contributed by atoms with Crippen LogP contribution in [-0.4, -0.2) is 177 Å². The molecule has 79 heavy (non-hydrogen) atoms. The second-order valence-electron chi connectivity index (χ2n) is 17.7. The minimum Gasteiger partial charge on any atom is -0.447 e. The number of nitro benzene ring substituents is 1. The molecule has 0 aliphatic carbocycles. The van der Waals surface area contributed by atoms with Gasteiger partial charge in [-0.05, 0) is 50.9 Å². The van der Waals surface area contributed by atoms with Crippen molar-refractivity contribution in [3.8, 4) is 5.75 Å². The van der Waals surface area contributed by atoms with Crippen LogP contribution in [0.3, 0.4) is 0 Å². The number of alkyl carbamates (subject to hydrolysis) is 1. The molecule has 4 aromatic heterocycles. The Morgan fingerprint density at radius 1 is 0.722 bits per heavy atom. The van der Waals surface area contributed by atoms with Crippen molar-refractivity contribution in [1.82, 2.24) is 44.4 Å². The molecule has 0 radical (unpaired) electrons. The van der Waals surface area contributed by atoms with Crippen LogP contribution >= 0.6 is 0 Å². The van der Waals surface area contributed by atoms with Crippen molar-refractivity contribution in [3.05, 3.63) is 80.6 Å². The van der Waals surface area contributed by atoms with Gasteiger partial charge in [-0.15, -0.1) is 0 Å². The van der Waals surface area contributed by atoms with E-state index in [1.165, 1.54) is 43.2 Å². The Balaban J connectivity index is 0.000000234. The zero-order valence-corrected chi connectivity index (χ0v) is 42.9. The lowest BCUT2D eigenvalue weighted by atomic mass is 10.1. The monoisotopic (exact) mass is 1110 g/mol. The molecule has 0 unspecified atom stereocenters. The van der Waals surface area contributed by atoms with Gasteiger partial charge in [0, 0.05) is 41.6 Å². The summed E-state index contributed by atoms with van der Waals surface area (Å²) in [4.78, 5) is 64.7. The van der Waals surface area contributed by atoms with E-state index >= 15 is 0 Å². The van der Waals surface area contributed by atoms with E-state index in [1.807, 2.05) is 13.8 Å². The minimum absolute atomic E-state index is 0. The highest BCUT2D eigenvalue weighted by atomic mass is 16.8. The summed E-state index contributed by atoms with van der Waals surface area (Å²) in [7, 11) is 0. The lowest BCUT2D eigenvalue weighted by molar-refractivity contribution is -0.384. The fourth-order valence-electron chi connectivity index (χ4n) is 8.25. The zero-order chi connectivity index (χ0) is 55.8. The number of nitrogens with two attached hydrogens (primary N) is 2. The largest absolute Gasteiger partial charge is 0.513 e. The van der Waals surface area contributed by atoms with Gasteiger partial charge in [0.05, 0.1) is 57.2 Å². The standard InChI is InChI=1S/C22H33N9O8.C20H20N6O8.C2H5N3.CH4/c1-22(2)38-16-14(37-20(17(16)39-22)31-13-28-15-18(23)26-12-27-19(15)31)11-36-21(32)25-3-5-33-7-9-35-10-8-34-6-4-29-30-24;1-20(2)33-14-12(7-30-19(27)31-11-5-3-10(4-6-11)26(28)29)32-18(15(14)34-20)25-9-24-13-16(21)22-8-23-17(13)25;1-2-4-5-3;/h12-14,16-17,20H,3-11H2,1-2H3,(H,25,32)(H2,23,26,27);3-6,8-9,12,14-15,18H,7H2,1-2H3,(H2,21,22,23);2H2,1H3;1H4/t14-,16-,17-,20-;12-,14-,15-,18-;;/m11../s1. The van der Waals surface area contributed by atoms with Crippen molar-refractivity contribution in [2.45, 2.75) is 103 Å². The number of nitro groups is 1. The molecule has 4 aliphatic heterocycles. The lowest BCUT2D eigenvalue weighted by Crippen LogP contribution is -2.36. The molecule has 34 nitrogen and oxygen atoms in total. The van der Waals surface area contributed by atoms with E-state index in [1.54, 1.807) is 36.2 Å². The molecule has 5 aromatic rings. The van der Waals surface area contributed by atoms with Crippen LogP contribution in [0.25, 0.3) is 43.2 Å². The van der Waals surface area contributed by atoms with Gasteiger partial charge in [0.1, 0.15) is 79.3 Å². The van der Waals surface area contributed by atoms with Crippen molar-refractivity contribution in [2.24, 2.45) is 10.2 Å². The van der Waals surface area contributed by atoms with Crippen molar-refractivity contribution in [3.63, 3.8) is 0 Å². The highest BCUT2D eigenvalue weighted by Gasteiger charge is 2.58. The topological polar surface area (TPSA) is 437 Å². The third kappa shape index (κ3) is 15.9. The molecule has 428 valence electrons. The van der Waals surface area contributed by atoms with Crippen LogP contribution in [0.1, 0.15) is 54.5 Å². The molecule has 0 spiro atoms. The summed E-state index contributed by atoms with van der Waals surface area (Å²) in [5.74, 6) is -1.14. The van der Waals surface area contributed by atoms with E-state index in [0.29, 0.717) is 68.5 Å². The number of nitrogens with one attached hydrogen (secondary N) is 1. The molecule has 8 atom stereocenters. The Labute approximate surface area is 449 Å². The van der Waals surface area contributed by atoms with Crippen molar-refractivity contribution in [2.75, 3.05) is 84.0 Å². The first-order valence-corrected chi connectivity index (χ1v) is 24.2. The molecule has 4 aliphatic rings. The number of nitrogens with zero attached hydrogens (tertiary/aromatic N) is 15. The third-order valence-electron chi connectivity index (χ3n) is 11.4. The summed E-state index contributed by atoms with van der Waals surface area (Å²) in [6, 6.07) is 5.03. The summed E-state index contributed by atoms with van der Waals surface area (Å²) < 4.78 is 71.6. The highest BCUT2D eigenvalue weighted by molar-refractivity contribution is 5.82. The molecule has 8 heterocycles. The Kier molecular flexibility index (Phi) is 21.5. The first-order valence-electron chi connectivity index (χ1n) is 24.2. The molecule has 1 aromatic carbocycles. The van der Waals surface area contributed by atoms with E-state index in [4.69, 9.17) is 79.4 Å². The van der Waals surface area contributed by atoms with E-state index in [-0.39, 0.29) is 56.9 Å². The maximum atomic E-state index is 12.2. The third-order valence-corrected chi connectivity index (χ3v) is 11.4. The summed E-state index contributed by atoms with van der Waals surface area (Å²) in [5, 5.41) is 19.9. The average molecular weight is 1110 g/mol. The number of ether oxygens (including phenoxy) is 12. The number of benzene rings is 1. The summed E-state index contributed by atoms with van der Waals surface area (Å²) in [6.45, 7) is 12.0. The van der Waals surface area contributed by atoms with Crippen molar-refractivity contribution >= 4 is 51.9 Å². The molecule has 0 saturated carbocycles. The molecular formula is C45H62N18O16. The molecule has 5 N–H and O–H groups in total. The molecule has 34 heteroatoms. The number of amides is 1. The maximum Gasteiger partial charge on any atom is 0.513 e. The van der Waals surface area contributed by atoms with Crippen LogP contribution in [0.2, 0.25) is 0 Å². The van der Waals surface area contributed by atoms with Crippen LogP contribution in [0.4, 0.5) is 26.9 Å². The normalized spacial score (nSPS) is 22.8. The van der Waals surface area contributed by atoms with Gasteiger partial charge in [-0.25, -0.2) is 39.5 Å². The van der Waals surface area contributed by atoms with E-state index in [0.717, 1.165) is 0 Å². The number of carbonyl (C=O) groups excluding carboxylic acids is 2. The predicted molar refractivity (Wildman–Crippen MR) is 272 cm³/mol. The number of hydrogen-bond donors (Lipinski definition) is 3. The fraction of sp³-hybridized carbons (Fsp3) is 0.600. The fourth-order valence-corrected chi connectivity index (χ4v) is 8.25. The quantitative estimate of drug-likeness (QED) is 0.0130. The van der Waals surface area contributed by atoms with Gasteiger partial charge in [-0.1, -0.05) is 24.6 Å². The molecule has 1 amide bonds. The smallest absolute Gasteiger partial charge is 0.447 e. The number of nitrogen functional groups attached to an aromatic ring is 2. The van der Waals surface area contributed by atoms with Crippen molar-refractivity contribution in [1.29, 1.82) is 0 Å². The molecule has 9 rings (SSSR count). The van der Waals surface area contributed by atoms with Crippen molar-refractivity contribution < 1.29 is 71.4 Å². The van der Waals surface area contributed by atoms with Crippen LogP contribution < -0.4 is 21.5 Å². The first-order chi connectivity index (χ1) is 37.5. The SMILES string of the molecule is C.CC1(C)O[C@@H]2[C@H](O1)[C@@H](COC(=O)NCCOCCOCCOCCN=[N+]=[N-])O[C@H]2n1cnc2c(N)ncnc21.CC1(C)O[C@@H]2[C@H](O1)[C@@H](COC(=O)Oc1ccc([N+](=O)[O-])cc1)O[C@H]2n1cnc2c(N)ncnc21.CCN=[N+]=[N-]. The number of aromatic nitrogens is 8. The van der Waals surface area contributed by atoms with Crippen LogP contribution in [0.5, 0.6) is 5.75 Å². The number of imidazole rings is 2. The Morgan fingerprint density at radius 2 is 1.20 bits per heavy atom. The summed E-state index contributed by atoms with van der Waals surface area (Å²) in [6.07, 6.45) is -0.441. The molecule has 0 bridgehead atoms. The Bertz CT molecular complexity index is 2920. The van der Waals surface area contributed by atoms with Gasteiger partial charge in [0.15, 0.2) is 47.0 Å². The number of carbonyl (C=O) groups is 2. The van der Waals surface area contributed by atoms with Gasteiger partial charge < -0.3 is 73.6 Å². The summed E-state index contributed by atoms with van der Waals surface area (Å²) in [5.41, 5.74) is 29.2. The number of anilines is 2. The zero-order valence-electron chi connectivity index (χ0n) is 42.9. The Morgan fingerprint density at radius 3 is 1.68 bits per heavy atom. The van der Waals surface area contributed by atoms with Gasteiger partial charge in [0.25, 0.3) is 5.69 Å². The number of non-ortho nitro benzene ring substituents is 1. The number of hydrogen-bond acceptors (Lipinski definition) is 26. The van der Waals surface area contributed by atoms with Crippen LogP contribution in [0, 0.1) is 10.1 Å². The average Bonchev–Trinajstić information content (AvgIpc) is 4.47. The van der Waals surface area contributed by atoms with E-state index < -0.39 is 77.8 Å². The van der Waals surface area contributed by atoms with Crippen LogP contribution in [-0.2, 0) is 52.1 Å². The maximum absolute atomic E-state index is 12.2. The Hall–Kier alpha value is -7.88. The van der Waals surface area contributed by atoms with Gasteiger partial charge in [-0.2, -0.15) is 0 Å².